The van der Waals surface area contributed by atoms with Crippen LogP contribution in [0.3, 0.4) is 0 Å². The summed E-state index contributed by atoms with van der Waals surface area (Å²) in [6.45, 7) is 1.34. The van der Waals surface area contributed by atoms with Crippen molar-refractivity contribution in [3.8, 4) is 0 Å². The third kappa shape index (κ3) is 6.01. The maximum atomic E-state index is 11.6. The average molecular weight is 265 g/mol. The van der Waals surface area contributed by atoms with E-state index < -0.39 is 5.97 Å². The van der Waals surface area contributed by atoms with E-state index >= 15 is 0 Å². The second-order valence-electron chi connectivity index (χ2n) is 4.23. The van der Waals surface area contributed by atoms with Crippen LogP contribution in [0.5, 0.6) is 0 Å². The number of unbranched alkanes of at least 4 members (excludes halogenated alkanes) is 1. The summed E-state index contributed by atoms with van der Waals surface area (Å²) in [6.07, 6.45) is 2.08. The number of nitrogens with one attached hydrogen (secondary N) is 1. The Bertz CT molecular complexity index is 414. The zero-order valence-electron chi connectivity index (χ0n) is 11.0. The van der Waals surface area contributed by atoms with Crippen LogP contribution in [0.25, 0.3) is 0 Å². The van der Waals surface area contributed by atoms with Gasteiger partial charge >= 0.3 is 5.97 Å². The lowest BCUT2D eigenvalue weighted by Gasteiger charge is -2.05. The summed E-state index contributed by atoms with van der Waals surface area (Å²) in [5, 5.41) is 11.6. The molecule has 0 atom stereocenters. The van der Waals surface area contributed by atoms with Crippen LogP contribution in [-0.2, 0) is 16.0 Å². The Balaban J connectivity index is 2.30. The monoisotopic (exact) mass is 265 g/mol. The minimum Gasteiger partial charge on any atom is -0.478 e. The van der Waals surface area contributed by atoms with E-state index in [-0.39, 0.29) is 17.9 Å². The number of carboxylic acids is 1. The Morgan fingerprint density at radius 1 is 1.21 bits per heavy atom. The fourth-order valence-electron chi connectivity index (χ4n) is 1.61. The van der Waals surface area contributed by atoms with Crippen LogP contribution in [0.2, 0.25) is 0 Å². The van der Waals surface area contributed by atoms with Gasteiger partial charge in [-0.2, -0.15) is 0 Å². The first-order valence-electron chi connectivity index (χ1n) is 6.21. The van der Waals surface area contributed by atoms with Gasteiger partial charge in [-0.15, -0.1) is 0 Å². The Morgan fingerprint density at radius 2 is 1.89 bits per heavy atom. The molecule has 104 valence electrons. The van der Waals surface area contributed by atoms with E-state index in [9.17, 15) is 9.59 Å². The highest BCUT2D eigenvalue weighted by atomic mass is 16.5. The maximum Gasteiger partial charge on any atom is 0.335 e. The standard InChI is InChI=1S/C14H19NO4/c1-19-9-3-2-8-15-13(16)10-11-4-6-12(7-5-11)14(17)18/h4-7H,2-3,8-10H2,1H3,(H,15,16)(H,17,18). The van der Waals surface area contributed by atoms with Crippen LogP contribution in [0.4, 0.5) is 0 Å². The van der Waals surface area contributed by atoms with Crippen LogP contribution in [0.1, 0.15) is 28.8 Å². The van der Waals surface area contributed by atoms with Gasteiger partial charge in [0, 0.05) is 20.3 Å². The molecule has 0 spiro atoms. The lowest BCUT2D eigenvalue weighted by Crippen LogP contribution is -2.26. The summed E-state index contributed by atoms with van der Waals surface area (Å²) in [4.78, 5) is 22.3. The normalized spacial score (nSPS) is 10.2. The number of aromatic carboxylic acids is 1. The van der Waals surface area contributed by atoms with Crippen LogP contribution >= 0.6 is 0 Å². The topological polar surface area (TPSA) is 75.6 Å². The van der Waals surface area contributed by atoms with Crippen molar-refractivity contribution in [2.45, 2.75) is 19.3 Å². The number of hydrogen-bond acceptors (Lipinski definition) is 3. The molecule has 1 rings (SSSR count). The van der Waals surface area contributed by atoms with Gasteiger partial charge in [-0.1, -0.05) is 12.1 Å². The summed E-state index contributed by atoms with van der Waals surface area (Å²) < 4.78 is 4.91. The smallest absolute Gasteiger partial charge is 0.335 e. The summed E-state index contributed by atoms with van der Waals surface area (Å²) in [7, 11) is 1.65. The molecule has 0 saturated carbocycles. The SMILES string of the molecule is COCCCCNC(=O)Cc1ccc(C(=O)O)cc1. The average Bonchev–Trinajstić information content (AvgIpc) is 2.39. The molecule has 1 amide bonds. The third-order valence-corrected chi connectivity index (χ3v) is 2.66. The van der Waals surface area contributed by atoms with E-state index in [0.29, 0.717) is 13.2 Å². The summed E-state index contributed by atoms with van der Waals surface area (Å²) >= 11 is 0. The van der Waals surface area contributed by atoms with Crippen LogP contribution < -0.4 is 5.32 Å². The highest BCUT2D eigenvalue weighted by molar-refractivity contribution is 5.87. The lowest BCUT2D eigenvalue weighted by molar-refractivity contribution is -0.120. The van der Waals surface area contributed by atoms with Gasteiger partial charge in [0.25, 0.3) is 0 Å². The van der Waals surface area contributed by atoms with Gasteiger partial charge in [0.05, 0.1) is 12.0 Å². The molecule has 0 fully saturated rings. The first-order valence-corrected chi connectivity index (χ1v) is 6.21. The molecule has 0 radical (unpaired) electrons. The zero-order chi connectivity index (χ0) is 14.1. The van der Waals surface area contributed by atoms with Crippen molar-refractivity contribution in [1.82, 2.24) is 5.32 Å². The fraction of sp³-hybridized carbons (Fsp3) is 0.429. The fourth-order valence-corrected chi connectivity index (χ4v) is 1.61. The van der Waals surface area contributed by atoms with Gasteiger partial charge < -0.3 is 15.2 Å². The number of carbonyl (C=O) groups is 2. The van der Waals surface area contributed by atoms with Gasteiger partial charge in [-0.3, -0.25) is 4.79 Å². The quantitative estimate of drug-likeness (QED) is 0.698. The second-order valence-corrected chi connectivity index (χ2v) is 4.23. The molecule has 0 saturated heterocycles. The first-order chi connectivity index (χ1) is 9.13. The number of carboxylic acid groups (broad SMARTS) is 1. The van der Waals surface area contributed by atoms with Crippen LogP contribution in [0, 0.1) is 0 Å². The Labute approximate surface area is 112 Å². The Morgan fingerprint density at radius 3 is 2.47 bits per heavy atom. The molecular weight excluding hydrogens is 246 g/mol. The molecule has 0 aliphatic heterocycles. The molecule has 2 N–H and O–H groups in total. The Hall–Kier alpha value is -1.88. The zero-order valence-corrected chi connectivity index (χ0v) is 11.0. The van der Waals surface area contributed by atoms with Crippen LogP contribution in [0.15, 0.2) is 24.3 Å². The minimum atomic E-state index is -0.964. The number of benzene rings is 1. The summed E-state index contributed by atoms with van der Waals surface area (Å²) in [5.41, 5.74) is 1.03. The molecular formula is C14H19NO4. The number of methoxy groups -OCH3 is 1. The predicted molar refractivity (Wildman–Crippen MR) is 71.2 cm³/mol. The largest absolute Gasteiger partial charge is 0.478 e. The molecule has 1 aromatic carbocycles. The van der Waals surface area contributed by atoms with Crippen molar-refractivity contribution < 1.29 is 19.4 Å². The van der Waals surface area contributed by atoms with E-state index in [0.717, 1.165) is 18.4 Å². The molecule has 0 aliphatic rings. The number of amides is 1. The van der Waals surface area contributed by atoms with Crippen molar-refractivity contribution in [1.29, 1.82) is 0 Å². The predicted octanol–water partition coefficient (Wildman–Crippen LogP) is 1.47. The van der Waals surface area contributed by atoms with E-state index in [4.69, 9.17) is 9.84 Å². The minimum absolute atomic E-state index is 0.0551. The molecule has 0 unspecified atom stereocenters. The highest BCUT2D eigenvalue weighted by Crippen LogP contribution is 2.05. The molecule has 1 aromatic rings. The van der Waals surface area contributed by atoms with E-state index in [2.05, 4.69) is 5.32 Å². The van der Waals surface area contributed by atoms with Crippen molar-refractivity contribution in [2.75, 3.05) is 20.3 Å². The molecule has 0 aliphatic carbocycles. The number of carbonyl (C=O) groups excluding carboxylic acids is 1. The highest BCUT2D eigenvalue weighted by Gasteiger charge is 2.05. The summed E-state index contributed by atoms with van der Waals surface area (Å²) in [6, 6.07) is 6.33. The molecule has 0 aromatic heterocycles. The number of ether oxygens (including phenoxy) is 1. The van der Waals surface area contributed by atoms with E-state index in [1.807, 2.05) is 0 Å². The van der Waals surface area contributed by atoms with Gasteiger partial charge in [-0.25, -0.2) is 4.79 Å². The van der Waals surface area contributed by atoms with Gasteiger partial charge in [0.1, 0.15) is 0 Å². The van der Waals surface area contributed by atoms with E-state index in [1.165, 1.54) is 12.1 Å². The number of hydrogen-bond donors (Lipinski definition) is 2. The molecule has 5 heteroatoms. The Kier molecular flexibility index (Phi) is 6.60. The van der Waals surface area contributed by atoms with Gasteiger partial charge in [0.2, 0.25) is 5.91 Å². The van der Waals surface area contributed by atoms with Crippen molar-refractivity contribution >= 4 is 11.9 Å². The summed E-state index contributed by atoms with van der Waals surface area (Å²) in [5.74, 6) is -1.02. The van der Waals surface area contributed by atoms with Crippen molar-refractivity contribution in [3.63, 3.8) is 0 Å². The maximum absolute atomic E-state index is 11.6. The van der Waals surface area contributed by atoms with E-state index in [1.54, 1.807) is 19.2 Å². The van der Waals surface area contributed by atoms with Gasteiger partial charge in [0.15, 0.2) is 0 Å². The number of rotatable bonds is 8. The van der Waals surface area contributed by atoms with Crippen LogP contribution in [-0.4, -0.2) is 37.2 Å². The lowest BCUT2D eigenvalue weighted by atomic mass is 10.1. The van der Waals surface area contributed by atoms with Crippen molar-refractivity contribution in [3.05, 3.63) is 35.4 Å². The third-order valence-electron chi connectivity index (χ3n) is 2.66. The molecule has 5 nitrogen and oxygen atoms in total. The molecule has 0 heterocycles. The molecule has 19 heavy (non-hydrogen) atoms. The first kappa shape index (κ1) is 15.2. The molecule has 0 bridgehead atoms. The van der Waals surface area contributed by atoms with Crippen molar-refractivity contribution in [2.24, 2.45) is 0 Å². The second kappa shape index (κ2) is 8.26. The van der Waals surface area contributed by atoms with Gasteiger partial charge in [-0.05, 0) is 30.5 Å².